The molecule has 0 aliphatic rings. The number of unbranched alkanes of at least 4 members (excludes halogenated alkanes) is 40. The van der Waals surface area contributed by atoms with Crippen molar-refractivity contribution in [3.8, 4) is 0 Å². The van der Waals surface area contributed by atoms with Gasteiger partial charge in [0.05, 0.1) is 26.4 Å². The average molecular weight is 1370 g/mol. The minimum absolute atomic E-state index is 0.106. The number of ether oxygens (including phenoxy) is 4. The van der Waals surface area contributed by atoms with Crippen molar-refractivity contribution in [3.63, 3.8) is 0 Å². The molecule has 0 aromatic heterocycles. The number of phosphoric ester groups is 2. The van der Waals surface area contributed by atoms with Crippen LogP contribution in [0.25, 0.3) is 0 Å². The molecule has 17 nitrogen and oxygen atoms in total. The lowest BCUT2D eigenvalue weighted by Crippen LogP contribution is -2.30. The third kappa shape index (κ3) is 68.4. The molecule has 0 aliphatic heterocycles. The Kier molecular flexibility index (Phi) is 63.4. The summed E-state index contributed by atoms with van der Waals surface area (Å²) in [5.41, 5.74) is 0. The van der Waals surface area contributed by atoms with Gasteiger partial charge in [0.15, 0.2) is 12.2 Å². The van der Waals surface area contributed by atoms with Gasteiger partial charge >= 0.3 is 39.5 Å². The fourth-order valence-corrected chi connectivity index (χ4v) is 12.8. The first kappa shape index (κ1) is 91.1. The predicted molar refractivity (Wildman–Crippen MR) is 377 cm³/mol. The molecule has 0 saturated heterocycles. The summed E-state index contributed by atoms with van der Waals surface area (Å²) in [6, 6.07) is 0. The zero-order chi connectivity index (χ0) is 68.7. The average Bonchev–Trinajstić information content (AvgIpc) is 3.69. The molecule has 0 rings (SSSR count). The van der Waals surface area contributed by atoms with Gasteiger partial charge in [0.2, 0.25) is 0 Å². The fourth-order valence-electron chi connectivity index (χ4n) is 11.2. The van der Waals surface area contributed by atoms with E-state index in [1.54, 1.807) is 0 Å². The zero-order valence-corrected chi connectivity index (χ0v) is 62.5. The molecule has 5 atom stereocenters. The Morgan fingerprint density at radius 2 is 0.495 bits per heavy atom. The molecule has 0 saturated carbocycles. The van der Waals surface area contributed by atoms with Crippen molar-refractivity contribution in [2.45, 2.75) is 394 Å². The summed E-state index contributed by atoms with van der Waals surface area (Å²) in [6.07, 6.45) is 49.9. The molecule has 0 radical (unpaired) electrons. The standard InChI is InChI=1S/C74H144O17P2/c1-8-9-10-11-12-34-41-48-55-71(76)84-61-69(90-73(78)57-50-43-36-29-23-17-14-20-26-32-39-46-53-66(4)5)63-88-92(80,81)86-59-68(75)60-87-93(82,83)89-64-70(91-74(79)58-51-44-37-30-24-18-15-21-27-33-40-47-54-67(6)7)62-85-72(77)56-49-42-35-28-22-16-13-19-25-31-38-45-52-65(2)3/h65-70,75H,8-64H2,1-7H3,(H,80,81)(H,82,83)/t68-,69+,70+/m0/s1. The molecule has 552 valence electrons. The Labute approximate surface area is 568 Å². The largest absolute Gasteiger partial charge is 0.472 e. The van der Waals surface area contributed by atoms with Crippen LogP contribution >= 0.6 is 15.6 Å². The van der Waals surface area contributed by atoms with Gasteiger partial charge in [-0.25, -0.2) is 9.13 Å². The predicted octanol–water partition coefficient (Wildman–Crippen LogP) is 21.4. The molecule has 0 heterocycles. The monoisotopic (exact) mass is 1370 g/mol. The van der Waals surface area contributed by atoms with Crippen LogP contribution in [0.15, 0.2) is 0 Å². The second-order valence-electron chi connectivity index (χ2n) is 28.1. The second kappa shape index (κ2) is 64.7. The quantitative estimate of drug-likeness (QED) is 0.0222. The van der Waals surface area contributed by atoms with E-state index in [1.807, 2.05) is 0 Å². The molecule has 0 aromatic rings. The van der Waals surface area contributed by atoms with Crippen molar-refractivity contribution in [1.82, 2.24) is 0 Å². The maximum absolute atomic E-state index is 13.1. The summed E-state index contributed by atoms with van der Waals surface area (Å²) >= 11 is 0. The molecule has 19 heteroatoms. The first-order valence-electron chi connectivity index (χ1n) is 38.3. The number of carbonyl (C=O) groups is 4. The van der Waals surface area contributed by atoms with Crippen LogP contribution in [0.1, 0.15) is 376 Å². The molecular formula is C74H144O17P2. The maximum atomic E-state index is 13.1. The SMILES string of the molecule is CCCCCCCCCCC(=O)OC[C@H](COP(=O)(O)OC[C@H](O)COP(=O)(O)OC[C@@H](COC(=O)CCCCCCCCCCCCCCC(C)C)OC(=O)CCCCCCCCCCCCCCC(C)C)OC(=O)CCCCCCCCCCCCCCC(C)C. The van der Waals surface area contributed by atoms with E-state index >= 15 is 0 Å². The number of hydrogen-bond acceptors (Lipinski definition) is 15. The molecule has 0 fully saturated rings. The van der Waals surface area contributed by atoms with Gasteiger partial charge in [-0.15, -0.1) is 0 Å². The van der Waals surface area contributed by atoms with E-state index < -0.39 is 97.5 Å². The van der Waals surface area contributed by atoms with Crippen LogP contribution in [-0.2, 0) is 65.4 Å². The summed E-state index contributed by atoms with van der Waals surface area (Å²) in [7, 11) is -9.91. The van der Waals surface area contributed by atoms with Crippen LogP contribution in [0.4, 0.5) is 0 Å². The number of aliphatic hydroxyl groups is 1. The lowest BCUT2D eigenvalue weighted by molar-refractivity contribution is -0.161. The van der Waals surface area contributed by atoms with Crippen molar-refractivity contribution >= 4 is 39.5 Å². The van der Waals surface area contributed by atoms with Gasteiger partial charge in [0.25, 0.3) is 0 Å². The van der Waals surface area contributed by atoms with Crippen molar-refractivity contribution in [2.24, 2.45) is 17.8 Å². The summed E-state index contributed by atoms with van der Waals surface area (Å²) in [5, 5.41) is 10.6. The summed E-state index contributed by atoms with van der Waals surface area (Å²) in [5.74, 6) is 0.214. The highest BCUT2D eigenvalue weighted by Gasteiger charge is 2.30. The number of hydrogen-bond donors (Lipinski definition) is 3. The highest BCUT2D eigenvalue weighted by atomic mass is 31.2. The van der Waals surface area contributed by atoms with Crippen LogP contribution in [0.3, 0.4) is 0 Å². The summed E-state index contributed by atoms with van der Waals surface area (Å²) in [4.78, 5) is 72.7. The van der Waals surface area contributed by atoms with E-state index in [9.17, 15) is 43.2 Å². The molecule has 0 aromatic carbocycles. The number of carbonyl (C=O) groups excluding carboxylic acids is 4. The van der Waals surface area contributed by atoms with E-state index in [2.05, 4.69) is 48.5 Å². The zero-order valence-electron chi connectivity index (χ0n) is 60.7. The Hall–Kier alpha value is -1.94. The van der Waals surface area contributed by atoms with Crippen LogP contribution < -0.4 is 0 Å². The maximum Gasteiger partial charge on any atom is 0.472 e. The van der Waals surface area contributed by atoms with Crippen LogP contribution in [0.5, 0.6) is 0 Å². The third-order valence-electron chi connectivity index (χ3n) is 17.1. The van der Waals surface area contributed by atoms with Gasteiger partial charge in [-0.3, -0.25) is 37.3 Å². The van der Waals surface area contributed by atoms with Gasteiger partial charge in [0.1, 0.15) is 19.3 Å². The number of phosphoric acid groups is 2. The van der Waals surface area contributed by atoms with Crippen molar-refractivity contribution in [3.05, 3.63) is 0 Å². The van der Waals surface area contributed by atoms with Crippen molar-refractivity contribution in [1.29, 1.82) is 0 Å². The van der Waals surface area contributed by atoms with Crippen molar-refractivity contribution < 1.29 is 80.2 Å². The highest BCUT2D eigenvalue weighted by Crippen LogP contribution is 2.45. The first-order valence-corrected chi connectivity index (χ1v) is 41.3. The molecule has 93 heavy (non-hydrogen) atoms. The van der Waals surface area contributed by atoms with E-state index in [0.29, 0.717) is 25.7 Å². The van der Waals surface area contributed by atoms with Gasteiger partial charge in [-0.2, -0.15) is 0 Å². The Morgan fingerprint density at radius 3 is 0.731 bits per heavy atom. The van der Waals surface area contributed by atoms with Crippen LogP contribution in [-0.4, -0.2) is 96.7 Å². The number of esters is 4. The second-order valence-corrected chi connectivity index (χ2v) is 31.0. The molecule has 0 spiro atoms. The highest BCUT2D eigenvalue weighted by molar-refractivity contribution is 7.47. The molecule has 0 aliphatic carbocycles. The number of aliphatic hydroxyl groups excluding tert-OH is 1. The topological polar surface area (TPSA) is 237 Å². The summed E-state index contributed by atoms with van der Waals surface area (Å²) in [6.45, 7) is 11.9. The Bertz CT molecular complexity index is 1820. The molecular weight excluding hydrogens is 1220 g/mol. The normalized spacial score (nSPS) is 14.1. The Balaban J connectivity index is 5.23. The van der Waals surface area contributed by atoms with E-state index in [-0.39, 0.29) is 25.7 Å². The number of rotatable bonds is 72. The van der Waals surface area contributed by atoms with Gasteiger partial charge in [-0.05, 0) is 43.4 Å². The Morgan fingerprint density at radius 1 is 0.290 bits per heavy atom. The minimum atomic E-state index is -4.96. The lowest BCUT2D eigenvalue weighted by atomic mass is 10.0. The van der Waals surface area contributed by atoms with Crippen LogP contribution in [0, 0.1) is 17.8 Å². The molecule has 3 N–H and O–H groups in total. The first-order chi connectivity index (χ1) is 44.7. The van der Waals surface area contributed by atoms with Crippen molar-refractivity contribution in [2.75, 3.05) is 39.6 Å². The van der Waals surface area contributed by atoms with Crippen LogP contribution in [0.2, 0.25) is 0 Å². The smallest absolute Gasteiger partial charge is 0.462 e. The molecule has 0 amide bonds. The van der Waals surface area contributed by atoms with Gasteiger partial charge < -0.3 is 33.8 Å². The van der Waals surface area contributed by atoms with Gasteiger partial charge in [0, 0.05) is 25.7 Å². The summed E-state index contributed by atoms with van der Waals surface area (Å²) < 4.78 is 68.4. The van der Waals surface area contributed by atoms with E-state index in [0.717, 1.165) is 114 Å². The van der Waals surface area contributed by atoms with Gasteiger partial charge in [-0.1, -0.05) is 325 Å². The molecule has 2 unspecified atom stereocenters. The fraction of sp³-hybridized carbons (Fsp3) is 0.946. The van der Waals surface area contributed by atoms with E-state index in [1.165, 1.54) is 180 Å². The third-order valence-corrected chi connectivity index (χ3v) is 19.0. The minimum Gasteiger partial charge on any atom is -0.462 e. The van der Waals surface area contributed by atoms with E-state index in [4.69, 9.17) is 37.0 Å². The lowest BCUT2D eigenvalue weighted by Gasteiger charge is -2.21. The molecule has 0 bridgehead atoms.